The third-order valence-corrected chi connectivity index (χ3v) is 7.01. The Labute approximate surface area is 183 Å². The van der Waals surface area contributed by atoms with Gasteiger partial charge in [-0.2, -0.15) is 0 Å². The van der Waals surface area contributed by atoms with Gasteiger partial charge in [0.15, 0.2) is 10.9 Å². The molecular weight excluding hydrogens is 404 g/mol. The number of aromatic amines is 2. The van der Waals surface area contributed by atoms with Crippen LogP contribution < -0.4 is 10.9 Å². The van der Waals surface area contributed by atoms with Gasteiger partial charge in [0.05, 0.1) is 24.2 Å². The molecule has 7 rings (SSSR count). The number of aryl methyl sites for hydroxylation is 2. The Balaban J connectivity index is 1.47. The molecule has 3 aliphatic rings. The van der Waals surface area contributed by atoms with Gasteiger partial charge in [0.2, 0.25) is 0 Å². The third kappa shape index (κ3) is 2.60. The Morgan fingerprint density at radius 1 is 0.719 bits per heavy atom. The van der Waals surface area contributed by atoms with E-state index >= 15 is 0 Å². The molecule has 6 heteroatoms. The highest BCUT2D eigenvalue weighted by atomic mass is 16.6. The van der Waals surface area contributed by atoms with E-state index in [4.69, 9.17) is 9.47 Å². The van der Waals surface area contributed by atoms with Crippen molar-refractivity contribution in [2.75, 3.05) is 13.2 Å². The Hall–Kier alpha value is -3.22. The number of aromatic nitrogens is 2. The first-order valence-corrected chi connectivity index (χ1v) is 11.1. The number of rotatable bonds is 2. The van der Waals surface area contributed by atoms with E-state index < -0.39 is 0 Å². The summed E-state index contributed by atoms with van der Waals surface area (Å²) in [7, 11) is 0. The SMILES string of the molecule is Cc1cc(C2CO2)c2[nH]c3c(c(=O)c2c1)Cc1[nH]c2c(C4CO4)cc(C)cc2c(=O)c1C3. The summed E-state index contributed by atoms with van der Waals surface area (Å²) in [5.41, 5.74) is 9.08. The summed E-state index contributed by atoms with van der Waals surface area (Å²) in [6, 6.07) is 8.07. The van der Waals surface area contributed by atoms with Gasteiger partial charge < -0.3 is 19.4 Å². The molecule has 6 nitrogen and oxygen atoms in total. The molecule has 4 aromatic rings. The number of H-pyrrole nitrogens is 2. The van der Waals surface area contributed by atoms with E-state index in [2.05, 4.69) is 22.1 Å². The van der Waals surface area contributed by atoms with Crippen molar-refractivity contribution in [1.82, 2.24) is 9.97 Å². The molecule has 2 aromatic heterocycles. The molecule has 2 saturated heterocycles. The van der Waals surface area contributed by atoms with Crippen LogP contribution in [0.15, 0.2) is 33.9 Å². The summed E-state index contributed by atoms with van der Waals surface area (Å²) in [4.78, 5) is 34.1. The fraction of sp³-hybridized carbons (Fsp3) is 0.308. The van der Waals surface area contributed by atoms with Crippen molar-refractivity contribution in [1.29, 1.82) is 0 Å². The standard InChI is InChI=1S/C26H22N2O4/c1-11-3-15(21-9-31-21)23-17(5-11)25(29)13-7-20-14(8-19(13)27-23)26(30)18-6-12(2)4-16(22-10-32-22)24(18)28-20/h3-6,21-22H,7-10H2,1-2H3,(H,27,29)(H,28,30). The molecule has 2 atom stereocenters. The summed E-state index contributed by atoms with van der Waals surface area (Å²) >= 11 is 0. The van der Waals surface area contributed by atoms with Crippen molar-refractivity contribution in [2.45, 2.75) is 38.9 Å². The zero-order valence-corrected chi connectivity index (χ0v) is 17.9. The quantitative estimate of drug-likeness (QED) is 0.422. The predicted molar refractivity (Wildman–Crippen MR) is 122 cm³/mol. The van der Waals surface area contributed by atoms with E-state index in [0.29, 0.717) is 36.8 Å². The molecule has 2 aliphatic heterocycles. The zero-order chi connectivity index (χ0) is 21.7. The lowest BCUT2D eigenvalue weighted by molar-refractivity contribution is 0.416. The van der Waals surface area contributed by atoms with E-state index in [1.807, 2.05) is 26.0 Å². The van der Waals surface area contributed by atoms with Crippen molar-refractivity contribution in [2.24, 2.45) is 0 Å². The van der Waals surface area contributed by atoms with Crippen LogP contribution in [0.5, 0.6) is 0 Å². The molecule has 0 spiro atoms. The highest BCUT2D eigenvalue weighted by Gasteiger charge is 2.32. The van der Waals surface area contributed by atoms with Crippen LogP contribution in [0, 0.1) is 13.8 Å². The predicted octanol–water partition coefficient (Wildman–Crippen LogP) is 3.62. The second-order valence-electron chi connectivity index (χ2n) is 9.37. The van der Waals surface area contributed by atoms with Gasteiger partial charge in [-0.1, -0.05) is 12.1 Å². The monoisotopic (exact) mass is 426 g/mol. The van der Waals surface area contributed by atoms with Crippen molar-refractivity contribution in [3.63, 3.8) is 0 Å². The topological polar surface area (TPSA) is 90.8 Å². The van der Waals surface area contributed by atoms with Crippen molar-refractivity contribution >= 4 is 21.8 Å². The smallest absolute Gasteiger partial charge is 0.193 e. The third-order valence-electron chi connectivity index (χ3n) is 7.01. The Morgan fingerprint density at radius 3 is 1.50 bits per heavy atom. The first-order chi connectivity index (χ1) is 15.5. The van der Waals surface area contributed by atoms with E-state index in [-0.39, 0.29) is 23.1 Å². The number of ether oxygens (including phenoxy) is 2. The Morgan fingerprint density at radius 2 is 1.12 bits per heavy atom. The normalized spacial score (nSPS) is 20.9. The number of epoxide rings is 2. The summed E-state index contributed by atoms with van der Waals surface area (Å²) in [5, 5.41) is 1.40. The molecule has 0 radical (unpaired) electrons. The second-order valence-corrected chi connectivity index (χ2v) is 9.37. The van der Waals surface area contributed by atoms with Crippen LogP contribution in [-0.2, 0) is 22.3 Å². The maximum Gasteiger partial charge on any atom is 0.193 e. The average molecular weight is 426 g/mol. The van der Waals surface area contributed by atoms with Crippen molar-refractivity contribution < 1.29 is 9.47 Å². The summed E-state index contributed by atoms with van der Waals surface area (Å²) in [5.74, 6) is 0. The molecule has 0 bridgehead atoms. The van der Waals surface area contributed by atoms with Crippen LogP contribution in [-0.4, -0.2) is 23.2 Å². The number of nitrogens with one attached hydrogen (secondary N) is 2. The molecule has 160 valence electrons. The number of benzene rings is 2. The highest BCUT2D eigenvalue weighted by Crippen LogP contribution is 2.37. The first kappa shape index (κ1) is 18.4. The lowest BCUT2D eigenvalue weighted by atomic mass is 9.88. The summed E-state index contributed by atoms with van der Waals surface area (Å²) in [6.07, 6.45) is 0.924. The van der Waals surface area contributed by atoms with E-state index in [1.54, 1.807) is 0 Å². The van der Waals surface area contributed by atoms with Gasteiger partial charge in [-0.3, -0.25) is 9.59 Å². The van der Waals surface area contributed by atoms with Crippen LogP contribution in [0.25, 0.3) is 21.8 Å². The molecule has 0 saturated carbocycles. The van der Waals surface area contributed by atoms with Crippen molar-refractivity contribution in [3.8, 4) is 0 Å². The van der Waals surface area contributed by atoms with Gasteiger partial charge in [0.1, 0.15) is 12.2 Å². The van der Waals surface area contributed by atoms with Gasteiger partial charge in [-0.25, -0.2) is 0 Å². The molecule has 1 aliphatic carbocycles. The number of hydrogen-bond acceptors (Lipinski definition) is 4. The molecule has 2 N–H and O–H groups in total. The molecule has 2 aromatic carbocycles. The fourth-order valence-electron chi connectivity index (χ4n) is 5.31. The maximum atomic E-state index is 13.5. The number of hydrogen-bond donors (Lipinski definition) is 2. The number of fused-ring (bicyclic) bond motifs is 4. The lowest BCUT2D eigenvalue weighted by Gasteiger charge is -2.21. The second kappa shape index (κ2) is 6.18. The van der Waals surface area contributed by atoms with Gasteiger partial charge in [-0.15, -0.1) is 0 Å². The Kier molecular flexibility index (Phi) is 3.55. The van der Waals surface area contributed by atoms with E-state index in [1.165, 1.54) is 0 Å². The minimum atomic E-state index is 0.0420. The molecule has 32 heavy (non-hydrogen) atoms. The minimum absolute atomic E-state index is 0.0420. The molecule has 4 heterocycles. The van der Waals surface area contributed by atoms with Crippen LogP contribution in [0.2, 0.25) is 0 Å². The average Bonchev–Trinajstić information content (AvgIpc) is 3.67. The summed E-state index contributed by atoms with van der Waals surface area (Å²) in [6.45, 7) is 5.37. The highest BCUT2D eigenvalue weighted by molar-refractivity contribution is 5.86. The van der Waals surface area contributed by atoms with E-state index in [0.717, 1.165) is 55.8 Å². The van der Waals surface area contributed by atoms with Crippen LogP contribution in [0.1, 0.15) is 57.0 Å². The van der Waals surface area contributed by atoms with Crippen molar-refractivity contribution in [3.05, 3.63) is 89.5 Å². The largest absolute Gasteiger partial charge is 0.368 e. The van der Waals surface area contributed by atoms with Gasteiger partial charge >= 0.3 is 0 Å². The van der Waals surface area contributed by atoms with Gasteiger partial charge in [0, 0.05) is 57.3 Å². The lowest BCUT2D eigenvalue weighted by Crippen LogP contribution is -2.26. The zero-order valence-electron chi connectivity index (χ0n) is 17.9. The van der Waals surface area contributed by atoms with E-state index in [9.17, 15) is 9.59 Å². The Bertz CT molecular complexity index is 1480. The molecule has 2 fully saturated rings. The molecule has 0 amide bonds. The maximum absolute atomic E-state index is 13.5. The fourth-order valence-corrected chi connectivity index (χ4v) is 5.31. The number of pyridine rings is 2. The summed E-state index contributed by atoms with van der Waals surface area (Å²) < 4.78 is 11.0. The molecular formula is C26H22N2O4. The molecule has 2 unspecified atom stereocenters. The van der Waals surface area contributed by atoms with Gasteiger partial charge in [0.25, 0.3) is 0 Å². The van der Waals surface area contributed by atoms with Crippen LogP contribution >= 0.6 is 0 Å². The first-order valence-electron chi connectivity index (χ1n) is 11.1. The van der Waals surface area contributed by atoms with Gasteiger partial charge in [-0.05, 0) is 37.1 Å². The van der Waals surface area contributed by atoms with Crippen LogP contribution in [0.3, 0.4) is 0 Å². The minimum Gasteiger partial charge on any atom is -0.368 e. The van der Waals surface area contributed by atoms with Crippen LogP contribution in [0.4, 0.5) is 0 Å².